The lowest BCUT2D eigenvalue weighted by molar-refractivity contribution is 0.625. The van der Waals surface area contributed by atoms with Crippen molar-refractivity contribution in [1.82, 2.24) is 9.97 Å². The van der Waals surface area contributed by atoms with E-state index < -0.39 is 0 Å². The summed E-state index contributed by atoms with van der Waals surface area (Å²) >= 11 is 5.99. The molecule has 0 radical (unpaired) electrons. The monoisotopic (exact) mass is 307 g/mol. The number of benzene rings is 1. The van der Waals surface area contributed by atoms with E-state index >= 15 is 0 Å². The quantitative estimate of drug-likeness (QED) is 0.813. The highest BCUT2D eigenvalue weighted by atomic mass is 35.5. The topological polar surface area (TPSA) is 37.8 Å². The summed E-state index contributed by atoms with van der Waals surface area (Å²) in [5.74, 6) is 1.29. The third-order valence-electron chi connectivity index (χ3n) is 3.22. The lowest BCUT2D eigenvalue weighted by atomic mass is 10.1. The smallest absolute Gasteiger partial charge is 0.134 e. The zero-order chi connectivity index (χ0) is 15.2. The summed E-state index contributed by atoms with van der Waals surface area (Å²) < 4.78 is 13.0. The molecule has 2 aromatic rings. The van der Waals surface area contributed by atoms with Crippen LogP contribution in [0.25, 0.3) is 0 Å². The molecule has 0 aliphatic heterocycles. The summed E-state index contributed by atoms with van der Waals surface area (Å²) in [5, 5.41) is 3.70. The van der Waals surface area contributed by atoms with Crippen molar-refractivity contribution in [3.05, 3.63) is 52.2 Å². The molecule has 1 N–H and O–H groups in total. The fraction of sp³-hybridized carbons (Fsp3) is 0.375. The molecule has 0 amide bonds. The van der Waals surface area contributed by atoms with Gasteiger partial charge in [0, 0.05) is 19.0 Å². The van der Waals surface area contributed by atoms with Gasteiger partial charge in [-0.3, -0.25) is 0 Å². The van der Waals surface area contributed by atoms with Crippen molar-refractivity contribution in [3.8, 4) is 0 Å². The van der Waals surface area contributed by atoms with E-state index in [9.17, 15) is 4.39 Å². The Labute approximate surface area is 129 Å². The first-order chi connectivity index (χ1) is 10.1. The van der Waals surface area contributed by atoms with Crippen LogP contribution in [0, 0.1) is 12.7 Å². The number of nitrogens with one attached hydrogen (secondary N) is 1. The van der Waals surface area contributed by atoms with E-state index in [0.717, 1.165) is 42.0 Å². The standard InChI is InChI=1S/C16H19ClFN3/c1-3-4-15-20-14(17)10-16(21-15)19-8-7-12-5-6-13(18)9-11(12)2/h5-6,9-10H,3-4,7-8H2,1-2H3,(H,19,20,21). The normalized spacial score (nSPS) is 10.7. The minimum Gasteiger partial charge on any atom is -0.370 e. The highest BCUT2D eigenvalue weighted by Gasteiger charge is 2.04. The minimum atomic E-state index is -0.198. The van der Waals surface area contributed by atoms with Gasteiger partial charge >= 0.3 is 0 Å². The Morgan fingerprint density at radius 2 is 2.00 bits per heavy atom. The molecule has 1 heterocycles. The lowest BCUT2D eigenvalue weighted by Gasteiger charge is -2.09. The van der Waals surface area contributed by atoms with Crippen LogP contribution in [0.15, 0.2) is 24.3 Å². The maximum atomic E-state index is 13.0. The van der Waals surface area contributed by atoms with Crippen LogP contribution in [0.2, 0.25) is 5.15 Å². The fourth-order valence-corrected chi connectivity index (χ4v) is 2.36. The van der Waals surface area contributed by atoms with Crippen molar-refractivity contribution in [2.24, 2.45) is 0 Å². The Hall–Kier alpha value is -1.68. The molecule has 0 spiro atoms. The van der Waals surface area contributed by atoms with E-state index in [4.69, 9.17) is 11.6 Å². The predicted molar refractivity (Wildman–Crippen MR) is 84.4 cm³/mol. The predicted octanol–water partition coefficient (Wildman–Crippen LogP) is 4.18. The van der Waals surface area contributed by atoms with Crippen molar-refractivity contribution in [1.29, 1.82) is 0 Å². The van der Waals surface area contributed by atoms with Crippen molar-refractivity contribution < 1.29 is 4.39 Å². The molecule has 0 atom stereocenters. The van der Waals surface area contributed by atoms with Crippen molar-refractivity contribution in [2.45, 2.75) is 33.1 Å². The summed E-state index contributed by atoms with van der Waals surface area (Å²) in [7, 11) is 0. The van der Waals surface area contributed by atoms with Gasteiger partial charge in [-0.1, -0.05) is 24.6 Å². The summed E-state index contributed by atoms with van der Waals surface area (Å²) in [6.45, 7) is 4.71. The molecule has 0 saturated heterocycles. The molecule has 21 heavy (non-hydrogen) atoms. The van der Waals surface area contributed by atoms with Crippen LogP contribution in [0.5, 0.6) is 0 Å². The zero-order valence-corrected chi connectivity index (χ0v) is 13.0. The Bertz CT molecular complexity index is 616. The van der Waals surface area contributed by atoms with Crippen LogP contribution < -0.4 is 5.32 Å². The molecule has 0 saturated carbocycles. The van der Waals surface area contributed by atoms with Gasteiger partial charge < -0.3 is 5.32 Å². The second-order valence-electron chi connectivity index (χ2n) is 4.99. The number of rotatable bonds is 6. The maximum Gasteiger partial charge on any atom is 0.134 e. The van der Waals surface area contributed by atoms with E-state index in [2.05, 4.69) is 22.2 Å². The number of halogens is 2. The third kappa shape index (κ3) is 4.67. The van der Waals surface area contributed by atoms with Gasteiger partial charge in [0.2, 0.25) is 0 Å². The van der Waals surface area contributed by atoms with Crippen LogP contribution in [0.3, 0.4) is 0 Å². The molecule has 5 heteroatoms. The van der Waals surface area contributed by atoms with Gasteiger partial charge in [-0.05, 0) is 43.0 Å². The third-order valence-corrected chi connectivity index (χ3v) is 3.41. The van der Waals surface area contributed by atoms with E-state index in [0.29, 0.717) is 11.7 Å². The molecule has 0 bridgehead atoms. The summed E-state index contributed by atoms with van der Waals surface area (Å²) in [5.41, 5.74) is 2.09. The molecule has 1 aromatic heterocycles. The van der Waals surface area contributed by atoms with E-state index in [1.165, 1.54) is 6.07 Å². The summed E-state index contributed by atoms with van der Waals surface area (Å²) in [6.07, 6.45) is 2.59. The molecule has 0 aliphatic carbocycles. The maximum absolute atomic E-state index is 13.0. The highest BCUT2D eigenvalue weighted by Crippen LogP contribution is 2.14. The van der Waals surface area contributed by atoms with E-state index in [-0.39, 0.29) is 5.82 Å². The molecule has 1 aromatic carbocycles. The molecule has 2 rings (SSSR count). The number of aryl methyl sites for hydroxylation is 2. The largest absolute Gasteiger partial charge is 0.370 e. The van der Waals surface area contributed by atoms with Gasteiger partial charge in [0.05, 0.1) is 0 Å². The van der Waals surface area contributed by atoms with Crippen molar-refractivity contribution in [2.75, 3.05) is 11.9 Å². The van der Waals surface area contributed by atoms with Crippen LogP contribution in [0.1, 0.15) is 30.3 Å². The number of nitrogens with zero attached hydrogens (tertiary/aromatic N) is 2. The molecular weight excluding hydrogens is 289 g/mol. The van der Waals surface area contributed by atoms with Gasteiger partial charge in [0.15, 0.2) is 0 Å². The van der Waals surface area contributed by atoms with Gasteiger partial charge in [0.1, 0.15) is 22.6 Å². The van der Waals surface area contributed by atoms with E-state index in [1.54, 1.807) is 12.1 Å². The first-order valence-electron chi connectivity index (χ1n) is 7.11. The molecule has 112 valence electrons. The average Bonchev–Trinajstić information content (AvgIpc) is 2.41. The number of hydrogen-bond acceptors (Lipinski definition) is 3. The molecule has 0 fully saturated rings. The van der Waals surface area contributed by atoms with Gasteiger partial charge in [0.25, 0.3) is 0 Å². The Balaban J connectivity index is 1.96. The Kier molecular flexibility index (Phi) is 5.51. The first kappa shape index (κ1) is 15.7. The van der Waals surface area contributed by atoms with Gasteiger partial charge in [-0.15, -0.1) is 0 Å². The number of anilines is 1. The Morgan fingerprint density at radius 3 is 2.71 bits per heavy atom. The number of hydrogen-bond donors (Lipinski definition) is 1. The summed E-state index contributed by atoms with van der Waals surface area (Å²) in [6, 6.07) is 6.58. The van der Waals surface area contributed by atoms with Crippen molar-refractivity contribution >= 4 is 17.4 Å². The van der Waals surface area contributed by atoms with Crippen LogP contribution in [-0.2, 0) is 12.8 Å². The minimum absolute atomic E-state index is 0.198. The second kappa shape index (κ2) is 7.36. The van der Waals surface area contributed by atoms with Crippen LogP contribution in [-0.4, -0.2) is 16.5 Å². The molecule has 3 nitrogen and oxygen atoms in total. The van der Waals surface area contributed by atoms with Crippen molar-refractivity contribution in [3.63, 3.8) is 0 Å². The summed E-state index contributed by atoms with van der Waals surface area (Å²) in [4.78, 5) is 8.61. The number of aromatic nitrogens is 2. The van der Waals surface area contributed by atoms with E-state index in [1.807, 2.05) is 13.0 Å². The van der Waals surface area contributed by atoms with Crippen LogP contribution >= 0.6 is 11.6 Å². The van der Waals surface area contributed by atoms with Gasteiger partial charge in [-0.2, -0.15) is 0 Å². The van der Waals surface area contributed by atoms with Crippen LogP contribution in [0.4, 0.5) is 10.2 Å². The SMILES string of the molecule is CCCc1nc(Cl)cc(NCCc2ccc(F)cc2C)n1. The molecular formula is C16H19ClFN3. The average molecular weight is 308 g/mol. The van der Waals surface area contributed by atoms with Gasteiger partial charge in [-0.25, -0.2) is 14.4 Å². The first-order valence-corrected chi connectivity index (χ1v) is 7.48. The lowest BCUT2D eigenvalue weighted by Crippen LogP contribution is -2.09. The Morgan fingerprint density at radius 1 is 1.19 bits per heavy atom. The zero-order valence-electron chi connectivity index (χ0n) is 12.3. The fourth-order valence-electron chi connectivity index (χ4n) is 2.16. The second-order valence-corrected chi connectivity index (χ2v) is 5.38. The molecule has 0 unspecified atom stereocenters. The highest BCUT2D eigenvalue weighted by molar-refractivity contribution is 6.29. The molecule has 0 aliphatic rings.